The molecule has 0 bridgehead atoms. The third kappa shape index (κ3) is 3.09. The fraction of sp³-hybridized carbons (Fsp3) is 0.882. The van der Waals surface area contributed by atoms with Gasteiger partial charge in [-0.2, -0.15) is 0 Å². The van der Waals surface area contributed by atoms with Gasteiger partial charge in [-0.3, -0.25) is 9.59 Å². The number of rotatable bonds is 2. The number of carboxylic acid groups (broad SMARTS) is 1. The smallest absolute Gasteiger partial charge is 0.306 e. The highest BCUT2D eigenvalue weighted by Crippen LogP contribution is 2.38. The summed E-state index contributed by atoms with van der Waals surface area (Å²) in [6, 6.07) is 0.449. The van der Waals surface area contributed by atoms with Crippen molar-refractivity contribution in [2.45, 2.75) is 70.3 Å². The van der Waals surface area contributed by atoms with Crippen LogP contribution in [0.15, 0.2) is 0 Å². The van der Waals surface area contributed by atoms with E-state index in [0.29, 0.717) is 18.4 Å². The lowest BCUT2D eigenvalue weighted by atomic mass is 9.76. The second kappa shape index (κ2) is 6.37. The molecule has 4 nitrogen and oxygen atoms in total. The second-order valence-electron chi connectivity index (χ2n) is 7.18. The monoisotopic (exact) mass is 293 g/mol. The van der Waals surface area contributed by atoms with Crippen LogP contribution in [0.2, 0.25) is 0 Å². The zero-order valence-corrected chi connectivity index (χ0v) is 12.8. The SMILES string of the molecule is O=C(O)C1CCCC(C(=O)N2CCCC3CCCCC32)C1. The summed E-state index contributed by atoms with van der Waals surface area (Å²) in [6.45, 7) is 0.897. The van der Waals surface area contributed by atoms with E-state index < -0.39 is 5.97 Å². The Morgan fingerprint density at radius 2 is 1.57 bits per heavy atom. The van der Waals surface area contributed by atoms with Crippen molar-refractivity contribution in [1.29, 1.82) is 0 Å². The maximum absolute atomic E-state index is 12.9. The molecule has 3 rings (SSSR count). The minimum absolute atomic E-state index is 0.0412. The van der Waals surface area contributed by atoms with Gasteiger partial charge in [0.2, 0.25) is 5.91 Å². The number of carboxylic acids is 1. The first-order chi connectivity index (χ1) is 10.2. The van der Waals surface area contributed by atoms with Gasteiger partial charge in [0.05, 0.1) is 5.92 Å². The largest absolute Gasteiger partial charge is 0.481 e. The van der Waals surface area contributed by atoms with Crippen LogP contribution in [0.4, 0.5) is 0 Å². The summed E-state index contributed by atoms with van der Waals surface area (Å²) < 4.78 is 0. The summed E-state index contributed by atoms with van der Waals surface area (Å²) in [7, 11) is 0. The van der Waals surface area contributed by atoms with Crippen LogP contribution in [0.1, 0.15) is 64.2 Å². The number of nitrogens with zero attached hydrogens (tertiary/aromatic N) is 1. The summed E-state index contributed by atoms with van der Waals surface area (Å²) in [5.41, 5.74) is 0. The van der Waals surface area contributed by atoms with Crippen molar-refractivity contribution >= 4 is 11.9 Å². The molecule has 0 aromatic carbocycles. The van der Waals surface area contributed by atoms with E-state index >= 15 is 0 Å². The molecule has 1 saturated heterocycles. The molecule has 1 N–H and O–H groups in total. The van der Waals surface area contributed by atoms with Gasteiger partial charge in [-0.1, -0.05) is 19.3 Å². The fourth-order valence-corrected chi connectivity index (χ4v) is 4.77. The van der Waals surface area contributed by atoms with Crippen LogP contribution in [0.3, 0.4) is 0 Å². The van der Waals surface area contributed by atoms with E-state index in [2.05, 4.69) is 4.90 Å². The predicted octanol–water partition coefficient (Wildman–Crippen LogP) is 3.06. The van der Waals surface area contributed by atoms with Gasteiger partial charge < -0.3 is 10.0 Å². The van der Waals surface area contributed by atoms with Gasteiger partial charge in [-0.15, -0.1) is 0 Å². The van der Waals surface area contributed by atoms with E-state index in [1.165, 1.54) is 25.7 Å². The van der Waals surface area contributed by atoms with Crippen LogP contribution in [0.25, 0.3) is 0 Å². The Kier molecular flexibility index (Phi) is 4.51. The van der Waals surface area contributed by atoms with Crippen LogP contribution in [0.5, 0.6) is 0 Å². The molecule has 0 aromatic heterocycles. The Hall–Kier alpha value is -1.06. The number of carbonyl (C=O) groups is 2. The minimum Gasteiger partial charge on any atom is -0.481 e. The van der Waals surface area contributed by atoms with Crippen molar-refractivity contribution in [2.24, 2.45) is 17.8 Å². The van der Waals surface area contributed by atoms with Gasteiger partial charge in [0.1, 0.15) is 0 Å². The first kappa shape index (κ1) is 14.9. The lowest BCUT2D eigenvalue weighted by Gasteiger charge is -2.45. The van der Waals surface area contributed by atoms with Crippen molar-refractivity contribution in [3.63, 3.8) is 0 Å². The lowest BCUT2D eigenvalue weighted by Crippen LogP contribution is -2.52. The Morgan fingerprint density at radius 1 is 0.857 bits per heavy atom. The number of hydrogen-bond acceptors (Lipinski definition) is 2. The number of amides is 1. The van der Waals surface area contributed by atoms with Crippen molar-refractivity contribution in [1.82, 2.24) is 4.90 Å². The highest BCUT2D eigenvalue weighted by Gasteiger charge is 2.39. The quantitative estimate of drug-likeness (QED) is 0.851. The normalized spacial score (nSPS) is 36.9. The highest BCUT2D eigenvalue weighted by molar-refractivity contribution is 5.80. The lowest BCUT2D eigenvalue weighted by molar-refractivity contribution is -0.148. The highest BCUT2D eigenvalue weighted by atomic mass is 16.4. The van der Waals surface area contributed by atoms with Crippen molar-refractivity contribution in [2.75, 3.05) is 6.54 Å². The van der Waals surface area contributed by atoms with Crippen molar-refractivity contribution < 1.29 is 14.7 Å². The maximum Gasteiger partial charge on any atom is 0.306 e. The van der Waals surface area contributed by atoms with E-state index in [4.69, 9.17) is 0 Å². The summed E-state index contributed by atoms with van der Waals surface area (Å²) >= 11 is 0. The molecule has 1 aliphatic heterocycles. The minimum atomic E-state index is -0.721. The van der Waals surface area contributed by atoms with E-state index in [0.717, 1.165) is 38.6 Å². The molecule has 1 amide bonds. The van der Waals surface area contributed by atoms with Gasteiger partial charge >= 0.3 is 5.97 Å². The second-order valence-corrected chi connectivity index (χ2v) is 7.18. The van der Waals surface area contributed by atoms with Crippen LogP contribution in [0, 0.1) is 17.8 Å². The van der Waals surface area contributed by atoms with E-state index in [-0.39, 0.29) is 17.7 Å². The molecule has 0 spiro atoms. The van der Waals surface area contributed by atoms with Gasteiger partial charge in [-0.05, 0) is 50.9 Å². The summed E-state index contributed by atoms with van der Waals surface area (Å²) in [5, 5.41) is 9.21. The van der Waals surface area contributed by atoms with E-state index in [9.17, 15) is 14.7 Å². The molecular formula is C17H27NO3. The van der Waals surface area contributed by atoms with Crippen LogP contribution in [-0.2, 0) is 9.59 Å². The Bertz CT molecular complexity index is 407. The summed E-state index contributed by atoms with van der Waals surface area (Å²) in [4.78, 5) is 26.3. The molecule has 4 atom stereocenters. The van der Waals surface area contributed by atoms with Gasteiger partial charge in [0, 0.05) is 18.5 Å². The first-order valence-corrected chi connectivity index (χ1v) is 8.70. The molecule has 2 saturated carbocycles. The van der Waals surface area contributed by atoms with Crippen LogP contribution in [-0.4, -0.2) is 34.5 Å². The molecule has 21 heavy (non-hydrogen) atoms. The zero-order chi connectivity index (χ0) is 14.8. The number of likely N-dealkylation sites (tertiary alicyclic amines) is 1. The molecule has 3 aliphatic rings. The number of aliphatic carboxylic acids is 1. The first-order valence-electron chi connectivity index (χ1n) is 8.70. The van der Waals surface area contributed by atoms with Crippen molar-refractivity contribution in [3.05, 3.63) is 0 Å². The molecule has 4 heteroatoms. The van der Waals surface area contributed by atoms with E-state index in [1.54, 1.807) is 0 Å². The molecule has 4 unspecified atom stereocenters. The average Bonchev–Trinajstić information content (AvgIpc) is 2.53. The van der Waals surface area contributed by atoms with Gasteiger partial charge in [0.15, 0.2) is 0 Å². The zero-order valence-electron chi connectivity index (χ0n) is 12.8. The summed E-state index contributed by atoms with van der Waals surface area (Å²) in [5.74, 6) is -0.102. The number of hydrogen-bond donors (Lipinski definition) is 1. The number of fused-ring (bicyclic) bond motifs is 1. The maximum atomic E-state index is 12.9. The van der Waals surface area contributed by atoms with Crippen LogP contribution < -0.4 is 0 Å². The molecule has 1 heterocycles. The molecule has 118 valence electrons. The Morgan fingerprint density at radius 3 is 2.38 bits per heavy atom. The van der Waals surface area contributed by atoms with Crippen molar-refractivity contribution in [3.8, 4) is 0 Å². The molecule has 0 aromatic rings. The Balaban J connectivity index is 1.67. The average molecular weight is 293 g/mol. The predicted molar refractivity (Wildman–Crippen MR) is 79.8 cm³/mol. The summed E-state index contributed by atoms with van der Waals surface area (Å²) in [6.07, 6.45) is 10.5. The van der Waals surface area contributed by atoms with E-state index in [1.807, 2.05) is 0 Å². The molecule has 3 fully saturated rings. The topological polar surface area (TPSA) is 57.6 Å². The Labute approximate surface area is 126 Å². The third-order valence-corrected chi connectivity index (χ3v) is 5.90. The molecule has 0 radical (unpaired) electrons. The standard InChI is InChI=1S/C17H27NO3/c19-16(13-6-3-7-14(11-13)17(20)21)18-10-4-8-12-5-1-2-9-15(12)18/h12-15H,1-11H2,(H,20,21). The molecular weight excluding hydrogens is 266 g/mol. The number of carbonyl (C=O) groups excluding carboxylic acids is 1. The third-order valence-electron chi connectivity index (χ3n) is 5.90. The molecule has 2 aliphatic carbocycles. The van der Waals surface area contributed by atoms with Gasteiger partial charge in [0.25, 0.3) is 0 Å². The van der Waals surface area contributed by atoms with Crippen LogP contribution >= 0.6 is 0 Å². The number of piperidine rings is 1. The van der Waals surface area contributed by atoms with Gasteiger partial charge in [-0.25, -0.2) is 0 Å². The fourth-order valence-electron chi connectivity index (χ4n) is 4.77.